The molecule has 114 valence electrons. The highest BCUT2D eigenvalue weighted by molar-refractivity contribution is 5.89. The van der Waals surface area contributed by atoms with Crippen molar-refractivity contribution < 1.29 is 14.7 Å². The lowest BCUT2D eigenvalue weighted by atomic mass is 9.69. The number of carbonyl (C=O) groups excluding carboxylic acids is 1. The van der Waals surface area contributed by atoms with Gasteiger partial charge in [-0.1, -0.05) is 31.9 Å². The minimum Gasteiger partial charge on any atom is -0.481 e. The second-order valence-corrected chi connectivity index (χ2v) is 5.69. The molecule has 1 saturated carbocycles. The van der Waals surface area contributed by atoms with Crippen LogP contribution in [0.4, 0.5) is 10.5 Å². The van der Waals surface area contributed by atoms with Crippen molar-refractivity contribution in [3.63, 3.8) is 0 Å². The largest absolute Gasteiger partial charge is 0.481 e. The first-order chi connectivity index (χ1) is 10.1. The summed E-state index contributed by atoms with van der Waals surface area (Å²) in [6.07, 6.45) is 4.29. The van der Waals surface area contributed by atoms with Crippen molar-refractivity contribution in [2.24, 2.45) is 5.41 Å². The fourth-order valence-corrected chi connectivity index (χ4v) is 2.54. The van der Waals surface area contributed by atoms with Gasteiger partial charge < -0.3 is 15.7 Å². The molecule has 2 amide bonds. The van der Waals surface area contributed by atoms with E-state index in [1.165, 1.54) is 5.56 Å². The molecule has 3 N–H and O–H groups in total. The molecule has 0 heterocycles. The predicted molar refractivity (Wildman–Crippen MR) is 81.4 cm³/mol. The summed E-state index contributed by atoms with van der Waals surface area (Å²) in [4.78, 5) is 23.0. The minimum absolute atomic E-state index is 0.183. The molecule has 0 aliphatic heterocycles. The quantitative estimate of drug-likeness (QED) is 0.753. The van der Waals surface area contributed by atoms with Gasteiger partial charge in [0.15, 0.2) is 0 Å². The van der Waals surface area contributed by atoms with Crippen molar-refractivity contribution in [2.75, 3.05) is 11.9 Å². The number of aliphatic carboxylic acids is 1. The second-order valence-electron chi connectivity index (χ2n) is 5.69. The number of hydrogen-bond acceptors (Lipinski definition) is 2. The van der Waals surface area contributed by atoms with E-state index in [0.717, 1.165) is 19.3 Å². The van der Waals surface area contributed by atoms with E-state index in [1.54, 1.807) is 0 Å². The Morgan fingerprint density at radius 3 is 2.38 bits per heavy atom. The molecule has 1 fully saturated rings. The fraction of sp³-hybridized carbons (Fsp3) is 0.500. The summed E-state index contributed by atoms with van der Waals surface area (Å²) in [5.41, 5.74) is 1.19. The van der Waals surface area contributed by atoms with Crippen LogP contribution in [0.25, 0.3) is 0 Å². The first-order valence-corrected chi connectivity index (χ1v) is 7.43. The SMILES string of the molecule is CCCc1ccc(NC(=O)NCC2(C(=O)O)CCC2)cc1. The lowest BCUT2D eigenvalue weighted by Crippen LogP contribution is -2.48. The molecule has 0 unspecified atom stereocenters. The van der Waals surface area contributed by atoms with Gasteiger partial charge in [-0.05, 0) is 37.0 Å². The smallest absolute Gasteiger partial charge is 0.319 e. The standard InChI is InChI=1S/C16H22N2O3/c1-2-4-12-5-7-13(8-6-12)18-15(21)17-11-16(14(19)20)9-3-10-16/h5-8H,2-4,9-11H2,1H3,(H,19,20)(H2,17,18,21). The average Bonchev–Trinajstić information content (AvgIpc) is 2.39. The summed E-state index contributed by atoms with van der Waals surface area (Å²) in [6, 6.07) is 7.35. The van der Waals surface area contributed by atoms with Crippen LogP contribution in [0.1, 0.15) is 38.2 Å². The van der Waals surface area contributed by atoms with Crippen LogP contribution < -0.4 is 10.6 Å². The normalized spacial score (nSPS) is 15.9. The Balaban J connectivity index is 1.83. The van der Waals surface area contributed by atoms with Gasteiger partial charge in [-0.25, -0.2) is 4.79 Å². The molecule has 5 nitrogen and oxygen atoms in total. The number of carboxylic acid groups (broad SMARTS) is 1. The number of carbonyl (C=O) groups is 2. The highest BCUT2D eigenvalue weighted by atomic mass is 16.4. The molecule has 21 heavy (non-hydrogen) atoms. The first kappa shape index (κ1) is 15.4. The number of nitrogens with one attached hydrogen (secondary N) is 2. The van der Waals surface area contributed by atoms with E-state index in [9.17, 15) is 14.7 Å². The van der Waals surface area contributed by atoms with E-state index in [2.05, 4.69) is 17.6 Å². The van der Waals surface area contributed by atoms with Crippen molar-refractivity contribution >= 4 is 17.7 Å². The molecule has 0 radical (unpaired) electrons. The highest BCUT2D eigenvalue weighted by Crippen LogP contribution is 2.40. The molecule has 0 atom stereocenters. The van der Waals surface area contributed by atoms with Crippen LogP contribution in [0.2, 0.25) is 0 Å². The summed E-state index contributed by atoms with van der Waals surface area (Å²) < 4.78 is 0. The van der Waals surface area contributed by atoms with Crippen LogP contribution in [-0.4, -0.2) is 23.7 Å². The van der Waals surface area contributed by atoms with E-state index >= 15 is 0 Å². The van der Waals surface area contributed by atoms with Crippen LogP contribution >= 0.6 is 0 Å². The van der Waals surface area contributed by atoms with Gasteiger partial charge in [0.25, 0.3) is 0 Å². The minimum atomic E-state index is -0.821. The molecular weight excluding hydrogens is 268 g/mol. The van der Waals surface area contributed by atoms with Gasteiger partial charge in [0.2, 0.25) is 0 Å². The predicted octanol–water partition coefficient (Wildman–Crippen LogP) is 3.02. The molecule has 5 heteroatoms. The summed E-state index contributed by atoms with van der Waals surface area (Å²) in [5.74, 6) is -0.821. The summed E-state index contributed by atoms with van der Waals surface area (Å²) >= 11 is 0. The molecule has 0 saturated heterocycles. The van der Waals surface area contributed by atoms with Gasteiger partial charge in [-0.3, -0.25) is 4.79 Å². The Hall–Kier alpha value is -2.04. The zero-order valence-electron chi connectivity index (χ0n) is 12.3. The van der Waals surface area contributed by atoms with E-state index in [4.69, 9.17) is 0 Å². The Labute approximate surface area is 124 Å². The average molecular weight is 290 g/mol. The lowest BCUT2D eigenvalue weighted by Gasteiger charge is -2.37. The maximum Gasteiger partial charge on any atom is 0.319 e. The van der Waals surface area contributed by atoms with Crippen LogP contribution in [0.15, 0.2) is 24.3 Å². The molecule has 0 aromatic heterocycles. The third-order valence-corrected chi connectivity index (χ3v) is 4.10. The maximum absolute atomic E-state index is 11.8. The van der Waals surface area contributed by atoms with Gasteiger partial charge in [-0.15, -0.1) is 0 Å². The molecule has 0 spiro atoms. The van der Waals surface area contributed by atoms with Gasteiger partial charge in [0.1, 0.15) is 0 Å². The van der Waals surface area contributed by atoms with Gasteiger partial charge in [-0.2, -0.15) is 0 Å². The van der Waals surface area contributed by atoms with Crippen molar-refractivity contribution in [2.45, 2.75) is 39.0 Å². The maximum atomic E-state index is 11.8. The molecule has 2 rings (SSSR count). The van der Waals surface area contributed by atoms with E-state index in [-0.39, 0.29) is 12.6 Å². The van der Waals surface area contributed by atoms with Crippen molar-refractivity contribution in [3.05, 3.63) is 29.8 Å². The zero-order valence-corrected chi connectivity index (χ0v) is 12.3. The number of urea groups is 1. The molecular formula is C16H22N2O3. The number of rotatable bonds is 6. The fourth-order valence-electron chi connectivity index (χ4n) is 2.54. The number of anilines is 1. The zero-order chi connectivity index (χ0) is 15.3. The van der Waals surface area contributed by atoms with E-state index < -0.39 is 11.4 Å². The lowest BCUT2D eigenvalue weighted by molar-refractivity contribution is -0.153. The highest BCUT2D eigenvalue weighted by Gasteiger charge is 2.44. The third kappa shape index (κ3) is 3.74. The van der Waals surface area contributed by atoms with Crippen LogP contribution in [-0.2, 0) is 11.2 Å². The number of benzene rings is 1. The Morgan fingerprint density at radius 1 is 1.24 bits per heavy atom. The number of aryl methyl sites for hydroxylation is 1. The molecule has 1 aliphatic carbocycles. The van der Waals surface area contributed by atoms with Crippen molar-refractivity contribution in [1.29, 1.82) is 0 Å². The molecule has 1 aromatic rings. The Morgan fingerprint density at radius 2 is 1.90 bits per heavy atom. The van der Waals surface area contributed by atoms with Crippen LogP contribution in [0.5, 0.6) is 0 Å². The summed E-state index contributed by atoms with van der Waals surface area (Å²) in [7, 11) is 0. The summed E-state index contributed by atoms with van der Waals surface area (Å²) in [6.45, 7) is 2.31. The van der Waals surface area contributed by atoms with E-state index in [1.807, 2.05) is 24.3 Å². The summed E-state index contributed by atoms with van der Waals surface area (Å²) in [5, 5.41) is 14.6. The van der Waals surface area contributed by atoms with Gasteiger partial charge >= 0.3 is 12.0 Å². The number of carboxylic acids is 1. The van der Waals surface area contributed by atoms with Crippen LogP contribution in [0, 0.1) is 5.41 Å². The van der Waals surface area contributed by atoms with Gasteiger partial charge in [0.05, 0.1) is 5.41 Å². The number of amides is 2. The third-order valence-electron chi connectivity index (χ3n) is 4.10. The Bertz CT molecular complexity index is 507. The Kier molecular flexibility index (Phi) is 4.83. The van der Waals surface area contributed by atoms with Crippen molar-refractivity contribution in [1.82, 2.24) is 5.32 Å². The molecule has 1 aromatic carbocycles. The monoisotopic (exact) mass is 290 g/mol. The van der Waals surface area contributed by atoms with E-state index in [0.29, 0.717) is 18.5 Å². The number of hydrogen-bond donors (Lipinski definition) is 3. The topological polar surface area (TPSA) is 78.4 Å². The van der Waals surface area contributed by atoms with Crippen molar-refractivity contribution in [3.8, 4) is 0 Å². The molecule has 1 aliphatic rings. The van der Waals surface area contributed by atoms with Crippen LogP contribution in [0.3, 0.4) is 0 Å². The molecule has 0 bridgehead atoms. The first-order valence-electron chi connectivity index (χ1n) is 7.43. The van der Waals surface area contributed by atoms with Gasteiger partial charge in [0, 0.05) is 12.2 Å². The second kappa shape index (κ2) is 6.61.